The normalized spacial score (nSPS) is 11.3. The van der Waals surface area contributed by atoms with Crippen LogP contribution in [0.4, 0.5) is 0 Å². The van der Waals surface area contributed by atoms with Crippen LogP contribution in [0, 0.1) is 13.8 Å². The first-order chi connectivity index (χ1) is 11.7. The minimum Gasteiger partial charge on any atom is -0.318 e. The molecular formula is C22H24N2. The van der Waals surface area contributed by atoms with Crippen LogP contribution in [0.2, 0.25) is 0 Å². The summed E-state index contributed by atoms with van der Waals surface area (Å²) in [5.41, 5.74) is 7.55. The van der Waals surface area contributed by atoms with Crippen LogP contribution in [0.5, 0.6) is 0 Å². The molecule has 0 amide bonds. The molecule has 2 aromatic carbocycles. The molecule has 1 aromatic heterocycles. The van der Waals surface area contributed by atoms with E-state index in [-0.39, 0.29) is 0 Å². The van der Waals surface area contributed by atoms with Gasteiger partial charge in [-0.3, -0.25) is 4.99 Å². The molecule has 0 aliphatic heterocycles. The predicted octanol–water partition coefficient (Wildman–Crippen LogP) is 5.28. The first-order valence-corrected chi connectivity index (χ1v) is 8.51. The number of benzene rings is 2. The summed E-state index contributed by atoms with van der Waals surface area (Å²) < 4.78 is 2.34. The maximum atomic E-state index is 4.63. The lowest BCUT2D eigenvalue weighted by Gasteiger charge is -2.13. The third kappa shape index (κ3) is 3.33. The molecule has 24 heavy (non-hydrogen) atoms. The van der Waals surface area contributed by atoms with E-state index in [1.54, 1.807) is 0 Å². The second-order valence-corrected chi connectivity index (χ2v) is 6.10. The van der Waals surface area contributed by atoms with Gasteiger partial charge in [-0.15, -0.1) is 0 Å². The van der Waals surface area contributed by atoms with E-state index >= 15 is 0 Å². The average molecular weight is 316 g/mol. The number of hydrogen-bond donors (Lipinski definition) is 0. The van der Waals surface area contributed by atoms with Crippen LogP contribution >= 0.6 is 0 Å². The zero-order valence-electron chi connectivity index (χ0n) is 14.7. The number of aryl methyl sites for hydroxylation is 2. The van der Waals surface area contributed by atoms with Crippen molar-refractivity contribution < 1.29 is 0 Å². The first kappa shape index (κ1) is 16.3. The van der Waals surface area contributed by atoms with Gasteiger partial charge in [-0.25, -0.2) is 0 Å². The molecule has 0 spiro atoms. The standard InChI is InChI=1S/C22H24N2/c1-4-20-12-8-9-13-22(20)24-17(2)14-21(18(24)3)16-23-15-19-10-6-5-7-11-19/h5-14,16H,4,15H2,1-3H3. The molecule has 1 heterocycles. The van der Waals surface area contributed by atoms with Crippen molar-refractivity contribution >= 4 is 6.21 Å². The van der Waals surface area contributed by atoms with E-state index in [0.29, 0.717) is 0 Å². The zero-order chi connectivity index (χ0) is 16.9. The molecule has 2 nitrogen and oxygen atoms in total. The lowest BCUT2D eigenvalue weighted by molar-refractivity contribution is 0.936. The van der Waals surface area contributed by atoms with Crippen LogP contribution in [0.15, 0.2) is 65.7 Å². The van der Waals surface area contributed by atoms with Gasteiger partial charge in [0.25, 0.3) is 0 Å². The largest absolute Gasteiger partial charge is 0.318 e. The summed E-state index contributed by atoms with van der Waals surface area (Å²) in [6.45, 7) is 7.25. The molecule has 0 atom stereocenters. The maximum absolute atomic E-state index is 4.63. The Bertz CT molecular complexity index is 842. The van der Waals surface area contributed by atoms with E-state index in [4.69, 9.17) is 0 Å². The molecule has 3 aromatic rings. The summed E-state index contributed by atoms with van der Waals surface area (Å²) in [4.78, 5) is 4.63. The highest BCUT2D eigenvalue weighted by Crippen LogP contribution is 2.23. The molecule has 0 radical (unpaired) electrons. The van der Waals surface area contributed by atoms with Crippen LogP contribution in [0.3, 0.4) is 0 Å². The Kier molecular flexibility index (Phi) is 4.95. The molecule has 2 heteroatoms. The van der Waals surface area contributed by atoms with Crippen molar-refractivity contribution in [3.8, 4) is 5.69 Å². The Labute approximate surface area is 144 Å². The highest BCUT2D eigenvalue weighted by atomic mass is 15.0. The number of rotatable bonds is 5. The molecule has 3 rings (SSSR count). The fourth-order valence-electron chi connectivity index (χ4n) is 3.15. The first-order valence-electron chi connectivity index (χ1n) is 8.51. The van der Waals surface area contributed by atoms with E-state index in [9.17, 15) is 0 Å². The Morgan fingerprint density at radius 3 is 2.42 bits per heavy atom. The van der Waals surface area contributed by atoms with Gasteiger partial charge in [0.1, 0.15) is 0 Å². The van der Waals surface area contributed by atoms with Gasteiger partial charge in [0.05, 0.1) is 6.54 Å². The number of nitrogens with zero attached hydrogens (tertiary/aromatic N) is 2. The SMILES string of the molecule is CCc1ccccc1-n1c(C)cc(C=NCc2ccccc2)c1C. The van der Waals surface area contributed by atoms with Gasteiger partial charge in [0.15, 0.2) is 0 Å². The molecule has 0 saturated carbocycles. The Morgan fingerprint density at radius 2 is 1.67 bits per heavy atom. The number of para-hydroxylation sites is 1. The van der Waals surface area contributed by atoms with Crippen LogP contribution in [-0.2, 0) is 13.0 Å². The van der Waals surface area contributed by atoms with Crippen LogP contribution in [0.1, 0.15) is 35.0 Å². The van der Waals surface area contributed by atoms with E-state index in [1.165, 1.54) is 33.8 Å². The fourth-order valence-corrected chi connectivity index (χ4v) is 3.15. The van der Waals surface area contributed by atoms with Crippen molar-refractivity contribution in [2.24, 2.45) is 4.99 Å². The molecule has 0 saturated heterocycles. The minimum absolute atomic E-state index is 0.718. The maximum Gasteiger partial charge on any atom is 0.0639 e. The molecule has 0 unspecified atom stereocenters. The van der Waals surface area contributed by atoms with Crippen molar-refractivity contribution in [3.63, 3.8) is 0 Å². The lowest BCUT2D eigenvalue weighted by Crippen LogP contribution is -2.03. The second kappa shape index (κ2) is 7.31. The predicted molar refractivity (Wildman–Crippen MR) is 102 cm³/mol. The van der Waals surface area contributed by atoms with Crippen LogP contribution in [-0.4, -0.2) is 10.8 Å². The van der Waals surface area contributed by atoms with Crippen LogP contribution in [0.25, 0.3) is 5.69 Å². The van der Waals surface area contributed by atoms with Crippen molar-refractivity contribution in [2.75, 3.05) is 0 Å². The summed E-state index contributed by atoms with van der Waals surface area (Å²) in [5.74, 6) is 0. The van der Waals surface area contributed by atoms with Crippen LogP contribution < -0.4 is 0 Å². The molecule has 0 fully saturated rings. The van der Waals surface area contributed by atoms with E-state index in [1.807, 2.05) is 12.3 Å². The summed E-state index contributed by atoms with van der Waals surface area (Å²) >= 11 is 0. The molecular weight excluding hydrogens is 292 g/mol. The third-order valence-electron chi connectivity index (χ3n) is 4.43. The van der Waals surface area contributed by atoms with Crippen molar-refractivity contribution in [1.29, 1.82) is 0 Å². The van der Waals surface area contributed by atoms with E-state index in [0.717, 1.165) is 13.0 Å². The fraction of sp³-hybridized carbons (Fsp3) is 0.227. The monoisotopic (exact) mass is 316 g/mol. The third-order valence-corrected chi connectivity index (χ3v) is 4.43. The topological polar surface area (TPSA) is 17.3 Å². The van der Waals surface area contributed by atoms with E-state index in [2.05, 4.69) is 84.9 Å². The highest BCUT2D eigenvalue weighted by molar-refractivity contribution is 5.82. The van der Waals surface area contributed by atoms with Crippen molar-refractivity contribution in [3.05, 3.63) is 88.7 Å². The Hall–Kier alpha value is -2.61. The molecule has 0 bridgehead atoms. The van der Waals surface area contributed by atoms with Gasteiger partial charge in [0.2, 0.25) is 0 Å². The lowest BCUT2D eigenvalue weighted by atomic mass is 10.1. The van der Waals surface area contributed by atoms with E-state index < -0.39 is 0 Å². The number of aromatic nitrogens is 1. The summed E-state index contributed by atoms with van der Waals surface area (Å²) in [7, 11) is 0. The summed E-state index contributed by atoms with van der Waals surface area (Å²) in [6, 6.07) is 21.2. The summed E-state index contributed by atoms with van der Waals surface area (Å²) in [6.07, 6.45) is 3.03. The molecule has 0 N–H and O–H groups in total. The quantitative estimate of drug-likeness (QED) is 0.570. The van der Waals surface area contributed by atoms with Gasteiger partial charge >= 0.3 is 0 Å². The van der Waals surface area contributed by atoms with Gasteiger partial charge in [-0.05, 0) is 43.5 Å². The average Bonchev–Trinajstić information content (AvgIpc) is 2.89. The molecule has 122 valence electrons. The number of aliphatic imine (C=N–C) groups is 1. The van der Waals surface area contributed by atoms with Gasteiger partial charge in [-0.2, -0.15) is 0 Å². The van der Waals surface area contributed by atoms with Crippen molar-refractivity contribution in [1.82, 2.24) is 4.57 Å². The Morgan fingerprint density at radius 1 is 0.958 bits per heavy atom. The second-order valence-electron chi connectivity index (χ2n) is 6.10. The minimum atomic E-state index is 0.718. The van der Waals surface area contributed by atoms with Gasteiger partial charge < -0.3 is 4.57 Å². The van der Waals surface area contributed by atoms with Crippen molar-refractivity contribution in [2.45, 2.75) is 33.7 Å². The summed E-state index contributed by atoms with van der Waals surface area (Å²) in [5, 5.41) is 0. The highest BCUT2D eigenvalue weighted by Gasteiger charge is 2.11. The Balaban J connectivity index is 1.89. The molecule has 0 aliphatic rings. The smallest absolute Gasteiger partial charge is 0.0639 e. The van der Waals surface area contributed by atoms with Gasteiger partial charge in [0, 0.05) is 28.9 Å². The van der Waals surface area contributed by atoms with Gasteiger partial charge in [-0.1, -0.05) is 55.5 Å². The zero-order valence-corrected chi connectivity index (χ0v) is 14.7. The number of hydrogen-bond acceptors (Lipinski definition) is 1. The molecule has 0 aliphatic carbocycles.